The number of carbonyl (C=O) groups is 1. The molecule has 78 valence electrons. The molecule has 0 fully saturated rings. The van der Waals surface area contributed by atoms with Gasteiger partial charge in [-0.25, -0.2) is 0 Å². The predicted octanol–water partition coefficient (Wildman–Crippen LogP) is 0.302. The van der Waals surface area contributed by atoms with Crippen molar-refractivity contribution in [3.63, 3.8) is 0 Å². The number of aliphatic hydroxyl groups is 1. The van der Waals surface area contributed by atoms with Crippen LogP contribution in [0.4, 0.5) is 0 Å². The molecule has 13 heavy (non-hydrogen) atoms. The van der Waals surface area contributed by atoms with Crippen molar-refractivity contribution in [3.05, 3.63) is 0 Å². The van der Waals surface area contributed by atoms with Gasteiger partial charge in [-0.2, -0.15) is 0 Å². The Morgan fingerprint density at radius 2 is 2.23 bits per heavy atom. The van der Waals surface area contributed by atoms with Crippen molar-refractivity contribution in [2.75, 3.05) is 26.4 Å². The molecule has 0 unspecified atom stereocenters. The summed E-state index contributed by atoms with van der Waals surface area (Å²) in [5.41, 5.74) is 0. The van der Waals surface area contributed by atoms with Gasteiger partial charge < -0.3 is 15.2 Å². The highest BCUT2D eigenvalue weighted by molar-refractivity contribution is 5.75. The first-order valence-corrected chi connectivity index (χ1v) is 4.76. The zero-order chi connectivity index (χ0) is 9.94. The van der Waals surface area contributed by atoms with E-state index in [0.717, 1.165) is 19.4 Å². The average Bonchev–Trinajstić information content (AvgIpc) is 2.14. The van der Waals surface area contributed by atoms with Gasteiger partial charge >= 0.3 is 0 Å². The fourth-order valence-electron chi connectivity index (χ4n) is 0.854. The maximum absolute atomic E-state index is 11.0. The molecule has 0 bridgehead atoms. The third kappa shape index (κ3) is 9.30. The Morgan fingerprint density at radius 1 is 1.46 bits per heavy atom. The summed E-state index contributed by atoms with van der Waals surface area (Å²) in [5, 5.41) is 11.2. The van der Waals surface area contributed by atoms with Crippen molar-refractivity contribution < 1.29 is 14.6 Å². The topological polar surface area (TPSA) is 58.6 Å². The number of aliphatic hydroxyl groups excluding tert-OH is 1. The molecule has 0 aromatic rings. The molecule has 0 aliphatic heterocycles. The molecule has 0 heterocycles. The molecule has 0 saturated carbocycles. The van der Waals surface area contributed by atoms with Gasteiger partial charge in [-0.15, -0.1) is 0 Å². The van der Waals surface area contributed by atoms with E-state index in [9.17, 15) is 4.79 Å². The summed E-state index contributed by atoms with van der Waals surface area (Å²) in [4.78, 5) is 11.0. The van der Waals surface area contributed by atoms with E-state index in [2.05, 4.69) is 5.32 Å². The second kappa shape index (κ2) is 9.48. The average molecular weight is 189 g/mol. The molecule has 0 atom stereocenters. The van der Waals surface area contributed by atoms with Crippen LogP contribution >= 0.6 is 0 Å². The van der Waals surface area contributed by atoms with E-state index in [1.54, 1.807) is 0 Å². The van der Waals surface area contributed by atoms with Crippen LogP contribution in [0.15, 0.2) is 0 Å². The van der Waals surface area contributed by atoms with Crippen LogP contribution in [0, 0.1) is 0 Å². The van der Waals surface area contributed by atoms with Gasteiger partial charge in [0.25, 0.3) is 0 Å². The van der Waals surface area contributed by atoms with Crippen LogP contribution < -0.4 is 5.32 Å². The number of hydrogen-bond acceptors (Lipinski definition) is 3. The van der Waals surface area contributed by atoms with Gasteiger partial charge in [-0.1, -0.05) is 6.92 Å². The van der Waals surface area contributed by atoms with Crippen molar-refractivity contribution in [2.24, 2.45) is 0 Å². The van der Waals surface area contributed by atoms with Gasteiger partial charge in [0.2, 0.25) is 5.91 Å². The smallest absolute Gasteiger partial charge is 0.220 e. The van der Waals surface area contributed by atoms with Gasteiger partial charge in [0.05, 0.1) is 13.2 Å². The van der Waals surface area contributed by atoms with Crippen LogP contribution in [0.5, 0.6) is 0 Å². The van der Waals surface area contributed by atoms with Crippen molar-refractivity contribution in [1.29, 1.82) is 0 Å². The van der Waals surface area contributed by atoms with E-state index in [0.29, 0.717) is 19.6 Å². The second-order valence-electron chi connectivity index (χ2n) is 2.79. The lowest BCUT2D eigenvalue weighted by atomic mass is 10.3. The highest BCUT2D eigenvalue weighted by Crippen LogP contribution is 1.90. The lowest BCUT2D eigenvalue weighted by Gasteiger charge is -2.03. The van der Waals surface area contributed by atoms with E-state index in [1.807, 2.05) is 6.92 Å². The zero-order valence-electron chi connectivity index (χ0n) is 8.21. The summed E-state index contributed by atoms with van der Waals surface area (Å²) in [7, 11) is 0. The molecule has 0 aromatic carbocycles. The van der Waals surface area contributed by atoms with Crippen LogP contribution in [0.25, 0.3) is 0 Å². The number of amides is 1. The number of hydrogen-bond donors (Lipinski definition) is 2. The zero-order valence-corrected chi connectivity index (χ0v) is 8.21. The van der Waals surface area contributed by atoms with E-state index < -0.39 is 0 Å². The first-order chi connectivity index (χ1) is 6.31. The Labute approximate surface area is 79.3 Å². The number of nitrogens with one attached hydrogen (secondary N) is 1. The quantitative estimate of drug-likeness (QED) is 0.540. The van der Waals surface area contributed by atoms with Crippen LogP contribution in [0.1, 0.15) is 26.2 Å². The Balaban J connectivity index is 3.08. The summed E-state index contributed by atoms with van der Waals surface area (Å²) in [6.45, 7) is 3.71. The van der Waals surface area contributed by atoms with Crippen LogP contribution in [0.3, 0.4) is 0 Å². The molecule has 0 aliphatic rings. The van der Waals surface area contributed by atoms with Gasteiger partial charge in [-0.3, -0.25) is 4.79 Å². The molecule has 2 N–H and O–H groups in total. The van der Waals surface area contributed by atoms with Crippen molar-refractivity contribution in [2.45, 2.75) is 26.2 Å². The molecule has 0 aliphatic carbocycles. The molecule has 0 aromatic heterocycles. The molecule has 1 amide bonds. The largest absolute Gasteiger partial charge is 0.394 e. The maximum Gasteiger partial charge on any atom is 0.220 e. The SMILES string of the molecule is CCCNC(=O)CCCOCCO. The summed E-state index contributed by atoms with van der Waals surface area (Å²) >= 11 is 0. The van der Waals surface area contributed by atoms with Crippen LogP contribution in [-0.4, -0.2) is 37.4 Å². The fraction of sp³-hybridized carbons (Fsp3) is 0.889. The molecule has 0 spiro atoms. The molecule has 0 rings (SSSR count). The molecule has 4 nitrogen and oxygen atoms in total. The van der Waals surface area contributed by atoms with Gasteiger partial charge in [0, 0.05) is 19.6 Å². The summed E-state index contributed by atoms with van der Waals surface area (Å²) in [5.74, 6) is 0.0782. The number of carbonyl (C=O) groups excluding carboxylic acids is 1. The van der Waals surface area contributed by atoms with Gasteiger partial charge in [0.15, 0.2) is 0 Å². The summed E-state index contributed by atoms with van der Waals surface area (Å²) in [6.07, 6.45) is 2.19. The Morgan fingerprint density at radius 3 is 2.85 bits per heavy atom. The van der Waals surface area contributed by atoms with Crippen molar-refractivity contribution in [3.8, 4) is 0 Å². The predicted molar refractivity (Wildman–Crippen MR) is 50.4 cm³/mol. The summed E-state index contributed by atoms with van der Waals surface area (Å²) in [6, 6.07) is 0. The Hall–Kier alpha value is -0.610. The molecular formula is C9H19NO3. The molecule has 0 saturated heterocycles. The van der Waals surface area contributed by atoms with E-state index in [-0.39, 0.29) is 12.5 Å². The Bertz CT molecular complexity index is 128. The minimum absolute atomic E-state index is 0.0437. The number of rotatable bonds is 8. The fourth-order valence-corrected chi connectivity index (χ4v) is 0.854. The van der Waals surface area contributed by atoms with Crippen LogP contribution in [0.2, 0.25) is 0 Å². The minimum Gasteiger partial charge on any atom is -0.394 e. The van der Waals surface area contributed by atoms with E-state index >= 15 is 0 Å². The van der Waals surface area contributed by atoms with E-state index in [4.69, 9.17) is 9.84 Å². The molecule has 4 heteroatoms. The monoisotopic (exact) mass is 189 g/mol. The minimum atomic E-state index is 0.0437. The standard InChI is InChI=1S/C9H19NO3/c1-2-5-10-9(12)4-3-7-13-8-6-11/h11H,2-8H2,1H3,(H,10,12). The third-order valence-corrected chi connectivity index (χ3v) is 1.50. The van der Waals surface area contributed by atoms with Gasteiger partial charge in [-0.05, 0) is 12.8 Å². The van der Waals surface area contributed by atoms with Crippen molar-refractivity contribution >= 4 is 5.91 Å². The lowest BCUT2D eigenvalue weighted by Crippen LogP contribution is -2.23. The van der Waals surface area contributed by atoms with Crippen LogP contribution in [-0.2, 0) is 9.53 Å². The first kappa shape index (κ1) is 12.4. The third-order valence-electron chi connectivity index (χ3n) is 1.50. The normalized spacial score (nSPS) is 10.0. The molecular weight excluding hydrogens is 170 g/mol. The highest BCUT2D eigenvalue weighted by Gasteiger charge is 1.98. The van der Waals surface area contributed by atoms with Gasteiger partial charge in [0.1, 0.15) is 0 Å². The maximum atomic E-state index is 11.0. The molecule has 0 radical (unpaired) electrons. The first-order valence-electron chi connectivity index (χ1n) is 4.76. The summed E-state index contributed by atoms with van der Waals surface area (Å²) < 4.78 is 5.01. The van der Waals surface area contributed by atoms with Crippen molar-refractivity contribution in [1.82, 2.24) is 5.32 Å². The van der Waals surface area contributed by atoms with E-state index in [1.165, 1.54) is 0 Å². The number of ether oxygens (including phenoxy) is 1. The second-order valence-corrected chi connectivity index (χ2v) is 2.79. The Kier molecular flexibility index (Phi) is 9.03. The lowest BCUT2D eigenvalue weighted by molar-refractivity contribution is -0.121. The highest BCUT2D eigenvalue weighted by atomic mass is 16.5.